The van der Waals surface area contributed by atoms with Gasteiger partial charge in [-0.1, -0.05) is 19.1 Å². The van der Waals surface area contributed by atoms with Gasteiger partial charge >= 0.3 is 0 Å². The molecule has 0 aliphatic carbocycles. The van der Waals surface area contributed by atoms with Crippen molar-refractivity contribution in [2.45, 2.75) is 19.9 Å². The van der Waals surface area contributed by atoms with Gasteiger partial charge in [0.05, 0.1) is 23.4 Å². The summed E-state index contributed by atoms with van der Waals surface area (Å²) >= 11 is 0. The smallest absolute Gasteiger partial charge is 0.270 e. The number of benzene rings is 1. The first-order chi connectivity index (χ1) is 9.20. The summed E-state index contributed by atoms with van der Waals surface area (Å²) in [6, 6.07) is 6.51. The van der Waals surface area contributed by atoms with Crippen LogP contribution >= 0.6 is 0 Å². The lowest BCUT2D eigenvalue weighted by molar-refractivity contribution is -0.384. The maximum absolute atomic E-state index is 10.7. The van der Waals surface area contributed by atoms with Crippen molar-refractivity contribution in [3.8, 4) is 11.3 Å². The normalized spacial score (nSPS) is 10.6. The minimum absolute atomic E-state index is 0.0813. The van der Waals surface area contributed by atoms with Gasteiger partial charge in [-0.25, -0.2) is 4.98 Å². The molecule has 0 amide bonds. The Hall–Kier alpha value is -2.21. The molecule has 0 saturated carbocycles. The van der Waals surface area contributed by atoms with Crippen LogP contribution in [0.3, 0.4) is 0 Å². The molecular weight excluding hydrogens is 244 g/mol. The second-order valence-corrected chi connectivity index (χ2v) is 4.23. The Morgan fingerprint density at radius 2 is 2.32 bits per heavy atom. The summed E-state index contributed by atoms with van der Waals surface area (Å²) in [5, 5.41) is 14.0. The van der Waals surface area contributed by atoms with Gasteiger partial charge in [-0.3, -0.25) is 10.1 Å². The van der Waals surface area contributed by atoms with Crippen LogP contribution < -0.4 is 5.32 Å². The Morgan fingerprint density at radius 3 is 3.05 bits per heavy atom. The Morgan fingerprint density at radius 1 is 1.47 bits per heavy atom. The summed E-state index contributed by atoms with van der Waals surface area (Å²) in [5.74, 6) is 0.829. The lowest BCUT2D eigenvalue weighted by Gasteiger charge is -1.99. The molecule has 0 spiro atoms. The standard InChI is InChI=1S/C13H16N4O2/c1-2-6-14-9-13-15-8-12(16-13)10-4-3-5-11(7-10)17(18)19/h3-5,7-8,14H,2,6,9H2,1H3,(H,15,16). The highest BCUT2D eigenvalue weighted by atomic mass is 16.6. The van der Waals surface area contributed by atoms with E-state index in [1.807, 2.05) is 6.07 Å². The van der Waals surface area contributed by atoms with Crippen LogP contribution in [0.25, 0.3) is 11.3 Å². The number of non-ortho nitro benzene ring substituents is 1. The van der Waals surface area contributed by atoms with E-state index in [4.69, 9.17) is 0 Å². The number of nitro benzene ring substituents is 1. The van der Waals surface area contributed by atoms with Gasteiger partial charge in [0.15, 0.2) is 0 Å². The zero-order valence-electron chi connectivity index (χ0n) is 10.7. The van der Waals surface area contributed by atoms with E-state index in [9.17, 15) is 10.1 Å². The Bertz CT molecular complexity index is 565. The first-order valence-corrected chi connectivity index (χ1v) is 6.20. The molecule has 6 heteroatoms. The zero-order chi connectivity index (χ0) is 13.7. The van der Waals surface area contributed by atoms with E-state index in [1.165, 1.54) is 12.1 Å². The van der Waals surface area contributed by atoms with E-state index < -0.39 is 4.92 Å². The molecule has 0 bridgehead atoms. The topological polar surface area (TPSA) is 83.8 Å². The van der Waals surface area contributed by atoms with Crippen LogP contribution in [0, 0.1) is 10.1 Å². The molecule has 0 aliphatic rings. The average Bonchev–Trinajstić information content (AvgIpc) is 2.88. The van der Waals surface area contributed by atoms with E-state index >= 15 is 0 Å². The van der Waals surface area contributed by atoms with Crippen molar-refractivity contribution < 1.29 is 4.92 Å². The van der Waals surface area contributed by atoms with Crippen molar-refractivity contribution in [1.82, 2.24) is 15.3 Å². The maximum Gasteiger partial charge on any atom is 0.270 e. The van der Waals surface area contributed by atoms with E-state index in [1.54, 1.807) is 12.3 Å². The second-order valence-electron chi connectivity index (χ2n) is 4.23. The van der Waals surface area contributed by atoms with E-state index in [-0.39, 0.29) is 5.69 Å². The Kier molecular flexibility index (Phi) is 4.25. The van der Waals surface area contributed by atoms with Gasteiger partial charge in [0.1, 0.15) is 5.82 Å². The van der Waals surface area contributed by atoms with E-state index in [2.05, 4.69) is 22.2 Å². The molecule has 0 unspecified atom stereocenters. The summed E-state index contributed by atoms with van der Waals surface area (Å²) in [5.41, 5.74) is 1.64. The molecule has 0 saturated heterocycles. The molecule has 0 aliphatic heterocycles. The van der Waals surface area contributed by atoms with Gasteiger partial charge in [0, 0.05) is 17.7 Å². The maximum atomic E-state index is 10.7. The third-order valence-corrected chi connectivity index (χ3v) is 2.72. The summed E-state index contributed by atoms with van der Waals surface area (Å²) in [6.07, 6.45) is 2.76. The van der Waals surface area contributed by atoms with Gasteiger partial charge in [-0.2, -0.15) is 0 Å². The van der Waals surface area contributed by atoms with Gasteiger partial charge in [0.25, 0.3) is 5.69 Å². The molecule has 6 nitrogen and oxygen atoms in total. The van der Waals surface area contributed by atoms with Crippen LogP contribution in [-0.4, -0.2) is 21.4 Å². The molecular formula is C13H16N4O2. The van der Waals surface area contributed by atoms with Gasteiger partial charge in [0.2, 0.25) is 0 Å². The number of imidazole rings is 1. The number of nitrogens with zero attached hydrogens (tertiary/aromatic N) is 2. The summed E-state index contributed by atoms with van der Waals surface area (Å²) < 4.78 is 0. The van der Waals surface area contributed by atoms with Crippen molar-refractivity contribution in [2.75, 3.05) is 6.54 Å². The fourth-order valence-corrected chi connectivity index (χ4v) is 1.77. The lowest BCUT2D eigenvalue weighted by Crippen LogP contribution is -2.14. The molecule has 2 N–H and O–H groups in total. The number of aromatic amines is 1. The molecule has 0 atom stereocenters. The minimum atomic E-state index is -0.399. The van der Waals surface area contributed by atoms with Gasteiger partial charge < -0.3 is 10.3 Å². The van der Waals surface area contributed by atoms with E-state index in [0.717, 1.165) is 30.0 Å². The highest BCUT2D eigenvalue weighted by Gasteiger charge is 2.08. The molecule has 0 fully saturated rings. The van der Waals surface area contributed by atoms with Crippen molar-refractivity contribution in [1.29, 1.82) is 0 Å². The van der Waals surface area contributed by atoms with Crippen LogP contribution in [0.15, 0.2) is 30.5 Å². The second kappa shape index (κ2) is 6.10. The van der Waals surface area contributed by atoms with Gasteiger partial charge in [-0.15, -0.1) is 0 Å². The molecule has 0 radical (unpaired) electrons. The summed E-state index contributed by atoms with van der Waals surface area (Å²) in [6.45, 7) is 3.71. The number of nitro groups is 1. The van der Waals surface area contributed by atoms with Crippen LogP contribution in [0.1, 0.15) is 19.2 Å². The van der Waals surface area contributed by atoms with Crippen molar-refractivity contribution >= 4 is 5.69 Å². The number of nitrogens with one attached hydrogen (secondary N) is 2. The average molecular weight is 260 g/mol. The third kappa shape index (κ3) is 3.38. The number of rotatable bonds is 6. The first kappa shape index (κ1) is 13.2. The first-order valence-electron chi connectivity index (χ1n) is 6.20. The molecule has 2 aromatic rings. The van der Waals surface area contributed by atoms with Crippen LogP contribution in [0.5, 0.6) is 0 Å². The summed E-state index contributed by atoms with van der Waals surface area (Å²) in [7, 11) is 0. The summed E-state index contributed by atoms with van der Waals surface area (Å²) in [4.78, 5) is 17.7. The quantitative estimate of drug-likeness (QED) is 0.475. The van der Waals surface area contributed by atoms with Crippen molar-refractivity contribution in [2.24, 2.45) is 0 Å². The van der Waals surface area contributed by atoms with Crippen molar-refractivity contribution in [3.05, 3.63) is 46.4 Å². The minimum Gasteiger partial charge on any atom is -0.341 e. The molecule has 100 valence electrons. The fourth-order valence-electron chi connectivity index (χ4n) is 1.77. The largest absolute Gasteiger partial charge is 0.341 e. The lowest BCUT2D eigenvalue weighted by atomic mass is 10.1. The predicted molar refractivity (Wildman–Crippen MR) is 72.7 cm³/mol. The van der Waals surface area contributed by atoms with E-state index in [0.29, 0.717) is 6.54 Å². The van der Waals surface area contributed by atoms with Crippen molar-refractivity contribution in [3.63, 3.8) is 0 Å². The fraction of sp³-hybridized carbons (Fsp3) is 0.308. The number of hydrogen-bond donors (Lipinski definition) is 2. The molecule has 1 aromatic heterocycles. The third-order valence-electron chi connectivity index (χ3n) is 2.72. The highest BCUT2D eigenvalue weighted by Crippen LogP contribution is 2.22. The Labute approximate surface area is 111 Å². The Balaban J connectivity index is 2.13. The molecule has 19 heavy (non-hydrogen) atoms. The van der Waals surface area contributed by atoms with Gasteiger partial charge in [-0.05, 0) is 13.0 Å². The van der Waals surface area contributed by atoms with Crippen LogP contribution in [-0.2, 0) is 6.54 Å². The molecule has 2 rings (SSSR count). The molecule has 1 heterocycles. The number of aromatic nitrogens is 2. The van der Waals surface area contributed by atoms with Crippen LogP contribution in [0.4, 0.5) is 5.69 Å². The SMILES string of the molecule is CCCNCc1ncc(-c2cccc([N+](=O)[O-])c2)[nH]1. The molecule has 1 aromatic carbocycles. The predicted octanol–water partition coefficient (Wildman–Crippen LogP) is 2.48. The number of hydrogen-bond acceptors (Lipinski definition) is 4. The number of H-pyrrole nitrogens is 1. The van der Waals surface area contributed by atoms with Crippen LogP contribution in [0.2, 0.25) is 0 Å². The monoisotopic (exact) mass is 260 g/mol. The zero-order valence-corrected chi connectivity index (χ0v) is 10.7. The highest BCUT2D eigenvalue weighted by molar-refractivity contribution is 5.61.